The first kappa shape index (κ1) is 13.6. The summed E-state index contributed by atoms with van der Waals surface area (Å²) in [6.07, 6.45) is -1.16. The molecule has 1 aliphatic rings. The molecule has 0 fully saturated rings. The highest BCUT2D eigenvalue weighted by atomic mass is 32.2. The minimum absolute atomic E-state index is 0.160. The number of para-hydroxylation sites is 1. The second-order valence-electron chi connectivity index (χ2n) is 4.20. The van der Waals surface area contributed by atoms with Crippen molar-refractivity contribution in [3.63, 3.8) is 0 Å². The topological polar surface area (TPSA) is 108 Å². The normalized spacial score (nSPS) is 22.2. The monoisotopic (exact) mass is 286 g/mol. The predicted molar refractivity (Wildman–Crippen MR) is 66.9 cm³/mol. The third-order valence-corrected chi connectivity index (χ3v) is 3.26. The van der Waals surface area contributed by atoms with Gasteiger partial charge in [0.1, 0.15) is 11.9 Å². The highest BCUT2D eigenvalue weighted by Crippen LogP contribution is 2.36. The van der Waals surface area contributed by atoms with Crippen LogP contribution in [0.2, 0.25) is 0 Å². The smallest absolute Gasteiger partial charge is 0.405 e. The van der Waals surface area contributed by atoms with Crippen LogP contribution >= 0.6 is 0 Å². The molecule has 1 aliphatic heterocycles. The van der Waals surface area contributed by atoms with Gasteiger partial charge in [0.25, 0.3) is 0 Å². The van der Waals surface area contributed by atoms with Crippen LogP contribution in [-0.2, 0) is 14.8 Å². The highest BCUT2D eigenvalue weighted by Gasteiger charge is 2.31. The third-order valence-electron chi connectivity index (χ3n) is 2.57. The number of ether oxygens (including phenoxy) is 2. The highest BCUT2D eigenvalue weighted by molar-refractivity contribution is 7.88. The molecule has 0 saturated heterocycles. The van der Waals surface area contributed by atoms with Crippen molar-refractivity contribution in [1.29, 1.82) is 0 Å². The van der Waals surface area contributed by atoms with E-state index in [0.717, 1.165) is 6.26 Å². The van der Waals surface area contributed by atoms with Gasteiger partial charge in [-0.25, -0.2) is 13.2 Å². The molecule has 19 heavy (non-hydrogen) atoms. The SMILES string of the molecule is CS(=O)(=O)NC1CC(OC(N)=O)c2ccccc2O1. The lowest BCUT2D eigenvalue weighted by atomic mass is 10.0. The van der Waals surface area contributed by atoms with Gasteiger partial charge in [-0.1, -0.05) is 18.2 Å². The van der Waals surface area contributed by atoms with E-state index in [1.165, 1.54) is 0 Å². The molecule has 2 atom stereocenters. The maximum Gasteiger partial charge on any atom is 0.405 e. The number of rotatable bonds is 3. The van der Waals surface area contributed by atoms with Gasteiger partial charge in [-0.2, -0.15) is 4.72 Å². The average molecular weight is 286 g/mol. The minimum Gasteiger partial charge on any atom is -0.474 e. The Bertz CT molecular complexity index is 587. The zero-order valence-electron chi connectivity index (χ0n) is 10.2. The Morgan fingerprint density at radius 1 is 1.47 bits per heavy atom. The van der Waals surface area contributed by atoms with Crippen LogP contribution in [0.25, 0.3) is 0 Å². The molecule has 0 aromatic heterocycles. The van der Waals surface area contributed by atoms with E-state index in [1.54, 1.807) is 24.3 Å². The minimum atomic E-state index is -3.42. The summed E-state index contributed by atoms with van der Waals surface area (Å²) >= 11 is 0. The van der Waals surface area contributed by atoms with Crippen LogP contribution in [0, 0.1) is 0 Å². The van der Waals surface area contributed by atoms with Gasteiger partial charge in [0.15, 0.2) is 6.23 Å². The predicted octanol–water partition coefficient (Wildman–Crippen LogP) is 0.481. The Hall–Kier alpha value is -1.80. The lowest BCUT2D eigenvalue weighted by molar-refractivity contribution is 0.0424. The van der Waals surface area contributed by atoms with Crippen molar-refractivity contribution in [3.8, 4) is 5.75 Å². The number of carbonyl (C=O) groups excluding carboxylic acids is 1. The van der Waals surface area contributed by atoms with Crippen LogP contribution in [0.15, 0.2) is 24.3 Å². The van der Waals surface area contributed by atoms with E-state index >= 15 is 0 Å². The number of primary amides is 1. The summed E-state index contributed by atoms with van der Waals surface area (Å²) < 4.78 is 35.2. The number of carbonyl (C=O) groups is 1. The Labute approximate surface area is 110 Å². The van der Waals surface area contributed by atoms with Crippen molar-refractivity contribution in [2.24, 2.45) is 5.73 Å². The number of sulfonamides is 1. The van der Waals surface area contributed by atoms with Crippen molar-refractivity contribution in [3.05, 3.63) is 29.8 Å². The maximum atomic E-state index is 11.2. The first-order chi connectivity index (χ1) is 8.85. The zero-order chi connectivity index (χ0) is 14.0. The standard InChI is InChI=1S/C11H14N2O5S/c1-19(15,16)13-10-6-9(18-11(12)14)7-4-2-3-5-8(7)17-10/h2-5,9-10,13H,6H2,1H3,(H2,12,14). The number of hydrogen-bond acceptors (Lipinski definition) is 5. The fraction of sp³-hybridized carbons (Fsp3) is 0.364. The van der Waals surface area contributed by atoms with Crippen molar-refractivity contribution in [2.75, 3.05) is 6.26 Å². The summed E-state index contributed by atoms with van der Waals surface area (Å²) in [4.78, 5) is 10.9. The van der Waals surface area contributed by atoms with E-state index in [1.807, 2.05) is 0 Å². The Morgan fingerprint density at radius 3 is 2.79 bits per heavy atom. The molecule has 2 unspecified atom stereocenters. The van der Waals surface area contributed by atoms with Gasteiger partial charge >= 0.3 is 6.09 Å². The molecule has 1 aromatic rings. The molecule has 0 aliphatic carbocycles. The lowest BCUT2D eigenvalue weighted by Crippen LogP contribution is -2.42. The van der Waals surface area contributed by atoms with E-state index in [9.17, 15) is 13.2 Å². The van der Waals surface area contributed by atoms with Crippen molar-refractivity contribution < 1.29 is 22.7 Å². The summed E-state index contributed by atoms with van der Waals surface area (Å²) in [6, 6.07) is 6.91. The van der Waals surface area contributed by atoms with E-state index in [4.69, 9.17) is 15.2 Å². The third kappa shape index (κ3) is 3.58. The molecule has 0 radical (unpaired) electrons. The number of benzene rings is 1. The van der Waals surface area contributed by atoms with Gasteiger partial charge in [-0.05, 0) is 6.07 Å². The molecular weight excluding hydrogens is 272 g/mol. The van der Waals surface area contributed by atoms with Gasteiger partial charge in [0, 0.05) is 12.0 Å². The summed E-state index contributed by atoms with van der Waals surface area (Å²) in [5.41, 5.74) is 5.67. The first-order valence-corrected chi connectivity index (χ1v) is 7.43. The van der Waals surface area contributed by atoms with E-state index < -0.39 is 28.4 Å². The number of fused-ring (bicyclic) bond motifs is 1. The van der Waals surface area contributed by atoms with Gasteiger partial charge in [-0.15, -0.1) is 0 Å². The Balaban J connectivity index is 2.26. The fourth-order valence-electron chi connectivity index (χ4n) is 1.94. The molecule has 104 valence electrons. The molecule has 3 N–H and O–H groups in total. The maximum absolute atomic E-state index is 11.2. The van der Waals surface area contributed by atoms with Crippen LogP contribution in [0.5, 0.6) is 5.75 Å². The molecule has 7 nitrogen and oxygen atoms in total. The molecule has 2 rings (SSSR count). The van der Waals surface area contributed by atoms with Crippen molar-refractivity contribution in [2.45, 2.75) is 18.8 Å². The van der Waals surface area contributed by atoms with E-state index in [0.29, 0.717) is 11.3 Å². The zero-order valence-corrected chi connectivity index (χ0v) is 11.0. The Morgan fingerprint density at radius 2 is 2.16 bits per heavy atom. The lowest BCUT2D eigenvalue weighted by Gasteiger charge is -2.31. The van der Waals surface area contributed by atoms with Crippen LogP contribution in [0.4, 0.5) is 4.79 Å². The average Bonchev–Trinajstić information content (AvgIpc) is 2.25. The first-order valence-electron chi connectivity index (χ1n) is 5.54. The van der Waals surface area contributed by atoms with E-state index in [2.05, 4.69) is 4.72 Å². The molecule has 1 aromatic carbocycles. The molecule has 0 saturated carbocycles. The summed E-state index contributed by atoms with van der Waals surface area (Å²) in [7, 11) is -3.42. The van der Waals surface area contributed by atoms with Crippen LogP contribution in [0.3, 0.4) is 0 Å². The van der Waals surface area contributed by atoms with Gasteiger partial charge < -0.3 is 15.2 Å². The van der Waals surface area contributed by atoms with Crippen molar-refractivity contribution in [1.82, 2.24) is 4.72 Å². The number of amides is 1. The van der Waals surface area contributed by atoms with Gasteiger partial charge in [0.2, 0.25) is 10.0 Å². The molecule has 1 amide bonds. The summed E-state index contributed by atoms with van der Waals surface area (Å²) in [6.45, 7) is 0. The molecule has 1 heterocycles. The molecule has 0 bridgehead atoms. The number of nitrogens with two attached hydrogens (primary N) is 1. The van der Waals surface area contributed by atoms with E-state index in [-0.39, 0.29) is 6.42 Å². The largest absolute Gasteiger partial charge is 0.474 e. The molecule has 8 heteroatoms. The Kier molecular flexibility index (Phi) is 3.63. The van der Waals surface area contributed by atoms with Crippen LogP contribution in [-0.4, -0.2) is 27.0 Å². The summed E-state index contributed by atoms with van der Waals surface area (Å²) in [5.74, 6) is 0.459. The molecular formula is C11H14N2O5S. The second kappa shape index (κ2) is 5.06. The molecule has 0 spiro atoms. The van der Waals surface area contributed by atoms with Gasteiger partial charge in [-0.3, -0.25) is 0 Å². The fourth-order valence-corrected chi connectivity index (χ4v) is 2.56. The van der Waals surface area contributed by atoms with Crippen LogP contribution < -0.4 is 15.2 Å². The van der Waals surface area contributed by atoms with Crippen molar-refractivity contribution >= 4 is 16.1 Å². The van der Waals surface area contributed by atoms with Crippen LogP contribution in [0.1, 0.15) is 18.1 Å². The number of hydrogen-bond donors (Lipinski definition) is 2. The second-order valence-corrected chi connectivity index (χ2v) is 5.98. The summed E-state index contributed by atoms with van der Waals surface area (Å²) in [5, 5.41) is 0. The quantitative estimate of drug-likeness (QED) is 0.840. The van der Waals surface area contributed by atoms with Gasteiger partial charge in [0.05, 0.1) is 6.26 Å². The number of nitrogens with one attached hydrogen (secondary N) is 1.